The molecular formula is C14H21F2NO2. The van der Waals surface area contributed by atoms with Crippen LogP contribution in [0.1, 0.15) is 31.4 Å². The first kappa shape index (κ1) is 16.0. The van der Waals surface area contributed by atoms with Crippen molar-refractivity contribution in [3.05, 3.63) is 35.4 Å². The van der Waals surface area contributed by atoms with E-state index >= 15 is 0 Å². The van der Waals surface area contributed by atoms with Gasteiger partial charge in [0.25, 0.3) is 0 Å². The smallest absolute Gasteiger partial charge is 0.129 e. The molecule has 0 aliphatic rings. The number of hydrogen-bond donors (Lipinski definition) is 2. The van der Waals surface area contributed by atoms with Gasteiger partial charge < -0.3 is 15.2 Å². The minimum atomic E-state index is -1.06. The number of aliphatic hydroxyl groups is 1. The molecule has 1 unspecified atom stereocenters. The first-order valence-electron chi connectivity index (χ1n) is 6.56. The standard InChI is InChI=1S/C14H21F2NO2/c1-2-3-7-19-8-6-17-10-14(18)12-9-11(15)4-5-13(12)16/h4-5,9,14,17-18H,2-3,6-8,10H2,1H3. The van der Waals surface area contributed by atoms with Crippen molar-refractivity contribution in [2.45, 2.75) is 25.9 Å². The minimum Gasteiger partial charge on any atom is -0.387 e. The van der Waals surface area contributed by atoms with Crippen molar-refractivity contribution < 1.29 is 18.6 Å². The van der Waals surface area contributed by atoms with Crippen LogP contribution in [0, 0.1) is 11.6 Å². The number of benzene rings is 1. The van der Waals surface area contributed by atoms with E-state index in [-0.39, 0.29) is 12.1 Å². The number of unbranched alkanes of at least 4 members (excludes halogenated alkanes) is 1. The van der Waals surface area contributed by atoms with Crippen LogP contribution < -0.4 is 5.32 Å². The third-order valence-electron chi connectivity index (χ3n) is 2.72. The van der Waals surface area contributed by atoms with Gasteiger partial charge in [-0.25, -0.2) is 8.78 Å². The number of ether oxygens (including phenoxy) is 1. The van der Waals surface area contributed by atoms with Crippen molar-refractivity contribution in [1.82, 2.24) is 5.32 Å². The van der Waals surface area contributed by atoms with E-state index in [0.29, 0.717) is 13.2 Å². The van der Waals surface area contributed by atoms with E-state index < -0.39 is 17.7 Å². The van der Waals surface area contributed by atoms with E-state index in [0.717, 1.165) is 37.6 Å². The molecule has 0 fully saturated rings. The van der Waals surface area contributed by atoms with Gasteiger partial charge in [0.2, 0.25) is 0 Å². The highest BCUT2D eigenvalue weighted by Gasteiger charge is 2.13. The third kappa shape index (κ3) is 6.09. The van der Waals surface area contributed by atoms with E-state index in [2.05, 4.69) is 12.2 Å². The monoisotopic (exact) mass is 273 g/mol. The van der Waals surface area contributed by atoms with Gasteiger partial charge in [-0.05, 0) is 24.6 Å². The minimum absolute atomic E-state index is 0.0283. The molecule has 0 aliphatic carbocycles. The summed E-state index contributed by atoms with van der Waals surface area (Å²) in [7, 11) is 0. The maximum Gasteiger partial charge on any atom is 0.129 e. The number of rotatable bonds is 9. The Labute approximate surface area is 112 Å². The summed E-state index contributed by atoms with van der Waals surface area (Å²) in [6.07, 6.45) is 1.05. The molecule has 1 atom stereocenters. The Balaban J connectivity index is 2.23. The summed E-state index contributed by atoms with van der Waals surface area (Å²) >= 11 is 0. The second-order valence-corrected chi connectivity index (χ2v) is 4.35. The molecule has 1 aromatic rings. The molecule has 108 valence electrons. The zero-order valence-electron chi connectivity index (χ0n) is 11.2. The largest absolute Gasteiger partial charge is 0.387 e. The maximum atomic E-state index is 13.4. The second kappa shape index (κ2) is 8.96. The van der Waals surface area contributed by atoms with Crippen molar-refractivity contribution >= 4 is 0 Å². The highest BCUT2D eigenvalue weighted by molar-refractivity contribution is 5.21. The quantitative estimate of drug-likeness (QED) is 0.679. The van der Waals surface area contributed by atoms with Crippen molar-refractivity contribution in [2.24, 2.45) is 0 Å². The normalized spacial score (nSPS) is 12.6. The van der Waals surface area contributed by atoms with E-state index in [1.807, 2.05) is 0 Å². The fraction of sp³-hybridized carbons (Fsp3) is 0.571. The number of aliphatic hydroxyl groups excluding tert-OH is 1. The van der Waals surface area contributed by atoms with E-state index in [4.69, 9.17) is 4.74 Å². The van der Waals surface area contributed by atoms with Crippen LogP contribution in [0.25, 0.3) is 0 Å². The molecule has 0 heterocycles. The first-order chi connectivity index (χ1) is 9.15. The van der Waals surface area contributed by atoms with Gasteiger partial charge in [0, 0.05) is 25.3 Å². The Morgan fingerprint density at radius 1 is 1.32 bits per heavy atom. The molecule has 0 amide bonds. The third-order valence-corrected chi connectivity index (χ3v) is 2.72. The zero-order chi connectivity index (χ0) is 14.1. The van der Waals surface area contributed by atoms with E-state index in [9.17, 15) is 13.9 Å². The molecule has 5 heteroatoms. The van der Waals surface area contributed by atoms with Crippen LogP contribution in [0.4, 0.5) is 8.78 Å². The average molecular weight is 273 g/mol. The van der Waals surface area contributed by atoms with Gasteiger partial charge in [-0.3, -0.25) is 0 Å². The van der Waals surface area contributed by atoms with Crippen LogP contribution in [-0.4, -0.2) is 31.4 Å². The summed E-state index contributed by atoms with van der Waals surface area (Å²) in [5, 5.41) is 12.7. The number of nitrogens with one attached hydrogen (secondary N) is 1. The molecule has 0 saturated heterocycles. The molecule has 2 N–H and O–H groups in total. The van der Waals surface area contributed by atoms with E-state index in [1.54, 1.807) is 0 Å². The van der Waals surface area contributed by atoms with Crippen molar-refractivity contribution in [1.29, 1.82) is 0 Å². The molecule has 0 aromatic heterocycles. The Bertz CT molecular complexity index is 374. The first-order valence-corrected chi connectivity index (χ1v) is 6.56. The lowest BCUT2D eigenvalue weighted by atomic mass is 10.1. The predicted molar refractivity (Wildman–Crippen MR) is 69.9 cm³/mol. The fourth-order valence-corrected chi connectivity index (χ4v) is 1.61. The van der Waals surface area contributed by atoms with Gasteiger partial charge in [-0.1, -0.05) is 13.3 Å². The summed E-state index contributed by atoms with van der Waals surface area (Å²) in [4.78, 5) is 0. The SMILES string of the molecule is CCCCOCCNCC(O)c1cc(F)ccc1F. The van der Waals surface area contributed by atoms with Crippen molar-refractivity contribution in [2.75, 3.05) is 26.3 Å². The van der Waals surface area contributed by atoms with Gasteiger partial charge in [0.1, 0.15) is 11.6 Å². The Hall–Kier alpha value is -1.04. The van der Waals surface area contributed by atoms with Crippen LogP contribution in [0.3, 0.4) is 0 Å². The Kier molecular flexibility index (Phi) is 7.55. The van der Waals surface area contributed by atoms with Crippen LogP contribution in [0.15, 0.2) is 18.2 Å². The molecule has 0 saturated carbocycles. The van der Waals surface area contributed by atoms with Gasteiger partial charge in [-0.2, -0.15) is 0 Å². The summed E-state index contributed by atoms with van der Waals surface area (Å²) in [6.45, 7) is 4.08. The molecule has 1 rings (SSSR count). The second-order valence-electron chi connectivity index (χ2n) is 4.35. The molecule has 1 aromatic carbocycles. The highest BCUT2D eigenvalue weighted by Crippen LogP contribution is 2.17. The molecule has 0 bridgehead atoms. The lowest BCUT2D eigenvalue weighted by Crippen LogP contribution is -2.26. The molecule has 0 radical (unpaired) electrons. The Morgan fingerprint density at radius 2 is 2.11 bits per heavy atom. The van der Waals surface area contributed by atoms with Crippen LogP contribution in [-0.2, 0) is 4.74 Å². The average Bonchev–Trinajstić information content (AvgIpc) is 2.40. The lowest BCUT2D eigenvalue weighted by Gasteiger charge is -2.13. The maximum absolute atomic E-state index is 13.4. The molecule has 0 aliphatic heterocycles. The molecule has 19 heavy (non-hydrogen) atoms. The summed E-state index contributed by atoms with van der Waals surface area (Å²) < 4.78 is 31.6. The highest BCUT2D eigenvalue weighted by atomic mass is 19.1. The van der Waals surface area contributed by atoms with Gasteiger partial charge in [-0.15, -0.1) is 0 Å². The number of halogens is 2. The molecule has 3 nitrogen and oxygen atoms in total. The topological polar surface area (TPSA) is 41.5 Å². The predicted octanol–water partition coefficient (Wildman–Crippen LogP) is 2.40. The molecule has 0 spiro atoms. The van der Waals surface area contributed by atoms with Crippen LogP contribution in [0.2, 0.25) is 0 Å². The number of hydrogen-bond acceptors (Lipinski definition) is 3. The summed E-state index contributed by atoms with van der Waals surface area (Å²) in [5.41, 5.74) is -0.0283. The van der Waals surface area contributed by atoms with E-state index in [1.165, 1.54) is 0 Å². The summed E-state index contributed by atoms with van der Waals surface area (Å²) in [6, 6.07) is 3.06. The van der Waals surface area contributed by atoms with Crippen molar-refractivity contribution in [3.63, 3.8) is 0 Å². The Morgan fingerprint density at radius 3 is 2.84 bits per heavy atom. The fourth-order valence-electron chi connectivity index (χ4n) is 1.61. The van der Waals surface area contributed by atoms with Gasteiger partial charge in [0.05, 0.1) is 12.7 Å². The van der Waals surface area contributed by atoms with Crippen LogP contribution in [0.5, 0.6) is 0 Å². The summed E-state index contributed by atoms with van der Waals surface area (Å²) in [5.74, 6) is -1.16. The van der Waals surface area contributed by atoms with Gasteiger partial charge in [0.15, 0.2) is 0 Å². The lowest BCUT2D eigenvalue weighted by molar-refractivity contribution is 0.124. The van der Waals surface area contributed by atoms with Crippen molar-refractivity contribution in [3.8, 4) is 0 Å². The van der Waals surface area contributed by atoms with Gasteiger partial charge >= 0.3 is 0 Å². The molecular weight excluding hydrogens is 252 g/mol. The van der Waals surface area contributed by atoms with Crippen LogP contribution >= 0.6 is 0 Å². The zero-order valence-corrected chi connectivity index (χ0v) is 11.2.